The van der Waals surface area contributed by atoms with Gasteiger partial charge >= 0.3 is 5.97 Å². The predicted octanol–water partition coefficient (Wildman–Crippen LogP) is 4.97. The molecule has 0 aliphatic heterocycles. The second-order valence-electron chi connectivity index (χ2n) is 5.57. The molecule has 1 aromatic heterocycles. The highest BCUT2D eigenvalue weighted by Gasteiger charge is 2.26. The molecule has 0 saturated heterocycles. The first-order chi connectivity index (χ1) is 12.8. The van der Waals surface area contributed by atoms with E-state index in [4.69, 9.17) is 0 Å². The molecule has 0 fully saturated rings. The average Bonchev–Trinajstić information content (AvgIpc) is 3.04. The van der Waals surface area contributed by atoms with Crippen LogP contribution in [0.25, 0.3) is 10.4 Å². The van der Waals surface area contributed by atoms with E-state index in [2.05, 4.69) is 0 Å². The van der Waals surface area contributed by atoms with Crippen LogP contribution in [0.4, 0.5) is 20.2 Å². The number of halogens is 2. The van der Waals surface area contributed by atoms with Crippen molar-refractivity contribution >= 4 is 39.9 Å². The van der Waals surface area contributed by atoms with Crippen molar-refractivity contribution in [1.29, 1.82) is 0 Å². The minimum absolute atomic E-state index is 0.0117. The minimum atomic E-state index is -2.55. The highest BCUT2D eigenvalue weighted by Crippen LogP contribution is 2.41. The lowest BCUT2D eigenvalue weighted by Crippen LogP contribution is -2.21. The Morgan fingerprint density at radius 1 is 1.07 bits per heavy atom. The summed E-state index contributed by atoms with van der Waals surface area (Å²) in [6.45, 7) is 1.72. The quantitative estimate of drug-likeness (QED) is 0.583. The fraction of sp³-hybridized carbons (Fsp3) is 0.0556. The normalized spacial score (nSPS) is 12.0. The summed E-state index contributed by atoms with van der Waals surface area (Å²) in [6.07, 6.45) is 0. The molecule has 1 heterocycles. The molecule has 3 rings (SSSR count). The second-order valence-corrected chi connectivity index (χ2v) is 7.45. The van der Waals surface area contributed by atoms with Gasteiger partial charge in [0.15, 0.2) is 11.6 Å². The molecule has 2 aromatic carbocycles. The smallest absolute Gasteiger partial charge is 0.348 e. The Hall–Kier alpha value is -2.62. The lowest BCUT2D eigenvalue weighted by atomic mass is 10.1. The van der Waals surface area contributed by atoms with Crippen LogP contribution in [0, 0.1) is 18.6 Å². The Kier molecular flexibility index (Phi) is 5.36. The molecule has 5 nitrogen and oxygen atoms in total. The van der Waals surface area contributed by atoms with E-state index in [1.54, 1.807) is 31.2 Å². The van der Waals surface area contributed by atoms with Crippen LogP contribution in [-0.4, -0.2) is 19.8 Å². The maximum absolute atomic E-state index is 13.5. The molecule has 0 amide bonds. The van der Waals surface area contributed by atoms with Gasteiger partial charge in [0.25, 0.3) is 11.3 Å². The fourth-order valence-electron chi connectivity index (χ4n) is 2.57. The number of carbonyl (C=O) groups is 1. The van der Waals surface area contributed by atoms with E-state index < -0.39 is 28.9 Å². The Bertz CT molecular complexity index is 1050. The lowest BCUT2D eigenvalue weighted by Gasteiger charge is -2.21. The van der Waals surface area contributed by atoms with Gasteiger partial charge in [0, 0.05) is 4.88 Å². The Balaban J connectivity index is 2.20. The molecule has 0 radical (unpaired) electrons. The van der Waals surface area contributed by atoms with Gasteiger partial charge in [-0.3, -0.25) is 4.55 Å². The number of aromatic carboxylic acids is 1. The molecular formula is C18H13F2NO4S2. The molecule has 0 bridgehead atoms. The van der Waals surface area contributed by atoms with E-state index in [1.165, 1.54) is 12.1 Å². The van der Waals surface area contributed by atoms with Gasteiger partial charge in [0.1, 0.15) is 4.88 Å². The molecule has 27 heavy (non-hydrogen) atoms. The highest BCUT2D eigenvalue weighted by molar-refractivity contribution is 7.81. The van der Waals surface area contributed by atoms with Gasteiger partial charge in [-0.15, -0.1) is 11.3 Å². The number of aryl methyl sites for hydroxylation is 1. The number of rotatable bonds is 5. The first kappa shape index (κ1) is 19.2. The third-order valence-corrected chi connectivity index (χ3v) is 5.69. The molecule has 0 spiro atoms. The van der Waals surface area contributed by atoms with Gasteiger partial charge < -0.3 is 5.11 Å². The van der Waals surface area contributed by atoms with E-state index >= 15 is 0 Å². The van der Waals surface area contributed by atoms with Crippen molar-refractivity contribution in [3.05, 3.63) is 70.6 Å². The highest BCUT2D eigenvalue weighted by atomic mass is 32.2. The van der Waals surface area contributed by atoms with Crippen LogP contribution in [0.3, 0.4) is 0 Å². The predicted molar refractivity (Wildman–Crippen MR) is 101 cm³/mol. The van der Waals surface area contributed by atoms with E-state index in [1.807, 2.05) is 0 Å². The van der Waals surface area contributed by atoms with Crippen LogP contribution in [-0.2, 0) is 11.3 Å². The summed E-state index contributed by atoms with van der Waals surface area (Å²) in [4.78, 5) is 11.8. The molecule has 140 valence electrons. The van der Waals surface area contributed by atoms with Gasteiger partial charge in [-0.05, 0) is 42.3 Å². The number of thiophene rings is 1. The van der Waals surface area contributed by atoms with Gasteiger partial charge in [-0.2, -0.15) is 0 Å². The maximum Gasteiger partial charge on any atom is 0.348 e. The van der Waals surface area contributed by atoms with Crippen LogP contribution in [0.1, 0.15) is 15.2 Å². The molecule has 0 aliphatic rings. The van der Waals surface area contributed by atoms with Crippen molar-refractivity contribution in [2.45, 2.75) is 6.92 Å². The number of hydrogen-bond donors (Lipinski definition) is 2. The van der Waals surface area contributed by atoms with E-state index in [-0.39, 0.29) is 16.1 Å². The number of carboxylic acids is 1. The Morgan fingerprint density at radius 3 is 2.37 bits per heavy atom. The monoisotopic (exact) mass is 409 g/mol. The van der Waals surface area contributed by atoms with Crippen molar-refractivity contribution in [3.8, 4) is 10.4 Å². The van der Waals surface area contributed by atoms with Gasteiger partial charge in [0.2, 0.25) is 0 Å². The van der Waals surface area contributed by atoms with Crippen molar-refractivity contribution in [1.82, 2.24) is 0 Å². The van der Waals surface area contributed by atoms with Crippen molar-refractivity contribution in [3.63, 3.8) is 0 Å². The zero-order valence-electron chi connectivity index (χ0n) is 13.8. The number of benzene rings is 2. The molecule has 3 aromatic rings. The van der Waals surface area contributed by atoms with Crippen LogP contribution in [0.5, 0.6) is 0 Å². The van der Waals surface area contributed by atoms with Crippen molar-refractivity contribution in [2.24, 2.45) is 0 Å². The lowest BCUT2D eigenvalue weighted by molar-refractivity contribution is 0.0703. The Labute approximate surface area is 159 Å². The summed E-state index contributed by atoms with van der Waals surface area (Å²) in [7, 11) is 0. The summed E-state index contributed by atoms with van der Waals surface area (Å²) >= 11 is -1.75. The van der Waals surface area contributed by atoms with Gasteiger partial charge in [0.05, 0.1) is 11.4 Å². The number of carboxylic acid groups (broad SMARTS) is 1. The fourth-order valence-corrected chi connectivity index (χ4v) is 4.29. The molecule has 1 unspecified atom stereocenters. The summed E-state index contributed by atoms with van der Waals surface area (Å²) in [5, 5.41) is 9.54. The third kappa shape index (κ3) is 3.75. The molecule has 2 N–H and O–H groups in total. The van der Waals surface area contributed by atoms with Gasteiger partial charge in [-0.1, -0.05) is 24.3 Å². The van der Waals surface area contributed by atoms with Gasteiger partial charge in [-0.25, -0.2) is 22.1 Å². The maximum atomic E-state index is 13.5. The molecule has 0 aliphatic carbocycles. The number of nitrogens with zero attached hydrogens (tertiary/aromatic N) is 1. The van der Waals surface area contributed by atoms with Crippen LogP contribution < -0.4 is 4.31 Å². The van der Waals surface area contributed by atoms with E-state index in [0.717, 1.165) is 27.8 Å². The first-order valence-corrected chi connectivity index (χ1v) is 9.47. The zero-order valence-corrected chi connectivity index (χ0v) is 15.5. The number of hydrogen-bond acceptors (Lipinski definition) is 3. The third-order valence-electron chi connectivity index (χ3n) is 3.82. The van der Waals surface area contributed by atoms with Crippen molar-refractivity contribution < 1.29 is 27.4 Å². The van der Waals surface area contributed by atoms with Crippen LogP contribution >= 0.6 is 11.3 Å². The summed E-state index contributed by atoms with van der Waals surface area (Å²) in [5.41, 5.74) is 1.27. The largest absolute Gasteiger partial charge is 0.477 e. The first-order valence-electron chi connectivity index (χ1n) is 7.59. The topological polar surface area (TPSA) is 77.8 Å². The van der Waals surface area contributed by atoms with Crippen LogP contribution in [0.2, 0.25) is 0 Å². The standard InChI is InChI=1S/C18H13F2NO4S2/c1-10-4-2-3-5-14(10)21(27(24)25)15-9-16(26-17(15)18(22)23)11-6-7-12(19)13(20)8-11/h2-9H,1H3,(H,22,23)(H,24,25). The van der Waals surface area contributed by atoms with Crippen molar-refractivity contribution in [2.75, 3.05) is 4.31 Å². The zero-order chi connectivity index (χ0) is 19.7. The summed E-state index contributed by atoms with van der Waals surface area (Å²) in [5.74, 6) is -3.39. The number of para-hydroxylation sites is 1. The number of anilines is 2. The molecule has 9 heteroatoms. The molecular weight excluding hydrogens is 396 g/mol. The Morgan fingerprint density at radius 2 is 1.78 bits per heavy atom. The SMILES string of the molecule is Cc1ccccc1N(c1cc(-c2ccc(F)c(F)c2)sc1C(=O)O)S(=O)O. The minimum Gasteiger partial charge on any atom is -0.477 e. The second kappa shape index (κ2) is 7.55. The summed E-state index contributed by atoms with van der Waals surface area (Å²) in [6, 6.07) is 11.3. The average molecular weight is 409 g/mol. The van der Waals surface area contributed by atoms with E-state index in [9.17, 15) is 27.4 Å². The van der Waals surface area contributed by atoms with Crippen LogP contribution in [0.15, 0.2) is 48.5 Å². The molecule has 1 atom stereocenters. The summed E-state index contributed by atoms with van der Waals surface area (Å²) < 4.78 is 49.5. The van der Waals surface area contributed by atoms with E-state index in [0.29, 0.717) is 16.1 Å². The molecule has 0 saturated carbocycles.